The van der Waals surface area contributed by atoms with Gasteiger partial charge in [-0.25, -0.2) is 0 Å². The van der Waals surface area contributed by atoms with E-state index in [1.165, 1.54) is 12.1 Å². The van der Waals surface area contributed by atoms with Crippen molar-refractivity contribution in [1.29, 1.82) is 0 Å². The van der Waals surface area contributed by atoms with Crippen LogP contribution < -0.4 is 10.1 Å². The summed E-state index contributed by atoms with van der Waals surface area (Å²) in [5.74, 6) is 0.363. The molecule has 0 atom stereocenters. The number of ether oxygens (including phenoxy) is 1. The molecule has 0 aromatic heterocycles. The highest BCUT2D eigenvalue weighted by Crippen LogP contribution is 2.37. The predicted molar refractivity (Wildman–Crippen MR) is 71.7 cm³/mol. The third-order valence-electron chi connectivity index (χ3n) is 3.63. The number of hydrogen-bond donors (Lipinski definition) is 1. The summed E-state index contributed by atoms with van der Waals surface area (Å²) in [7, 11) is 0. The van der Waals surface area contributed by atoms with E-state index in [4.69, 9.17) is 4.74 Å². The molecule has 1 saturated carbocycles. The van der Waals surface area contributed by atoms with Crippen molar-refractivity contribution in [2.75, 3.05) is 13.2 Å². The summed E-state index contributed by atoms with van der Waals surface area (Å²) in [5.41, 5.74) is -0.0533. The fourth-order valence-corrected chi connectivity index (χ4v) is 2.17. The third kappa shape index (κ3) is 3.88. The van der Waals surface area contributed by atoms with E-state index >= 15 is 0 Å². The molecule has 20 heavy (non-hydrogen) atoms. The second-order valence-electron chi connectivity index (χ2n) is 5.22. The number of benzene rings is 1. The van der Waals surface area contributed by atoms with Gasteiger partial charge in [-0.2, -0.15) is 13.2 Å². The third-order valence-corrected chi connectivity index (χ3v) is 3.63. The first-order chi connectivity index (χ1) is 9.50. The van der Waals surface area contributed by atoms with Gasteiger partial charge in [0.25, 0.3) is 0 Å². The molecular weight excluding hydrogens is 267 g/mol. The molecule has 2 nitrogen and oxygen atoms in total. The highest BCUT2D eigenvalue weighted by molar-refractivity contribution is 5.39. The largest absolute Gasteiger partial charge is 0.493 e. The van der Waals surface area contributed by atoms with E-state index in [0.29, 0.717) is 24.6 Å². The van der Waals surface area contributed by atoms with Crippen LogP contribution in [-0.2, 0) is 12.7 Å². The summed E-state index contributed by atoms with van der Waals surface area (Å²) in [4.78, 5) is 0. The van der Waals surface area contributed by atoms with Gasteiger partial charge in [-0.15, -0.1) is 0 Å². The van der Waals surface area contributed by atoms with Crippen LogP contribution in [0.3, 0.4) is 0 Å². The molecule has 1 aromatic carbocycles. The fourth-order valence-electron chi connectivity index (χ4n) is 2.17. The molecule has 0 radical (unpaired) electrons. The number of alkyl halides is 3. The molecule has 0 amide bonds. The Hall–Kier alpha value is -1.23. The molecule has 0 bridgehead atoms. The van der Waals surface area contributed by atoms with Crippen LogP contribution in [0.4, 0.5) is 13.2 Å². The molecular formula is C15H20F3NO. The minimum Gasteiger partial charge on any atom is -0.493 e. The van der Waals surface area contributed by atoms with Crippen LogP contribution in [0.5, 0.6) is 5.75 Å². The Bertz CT molecular complexity index is 441. The van der Waals surface area contributed by atoms with Gasteiger partial charge in [0, 0.05) is 6.54 Å². The minimum atomic E-state index is -4.38. The Morgan fingerprint density at radius 1 is 1.30 bits per heavy atom. The van der Waals surface area contributed by atoms with Gasteiger partial charge in [-0.3, -0.25) is 0 Å². The molecule has 1 aromatic rings. The van der Waals surface area contributed by atoms with E-state index in [1.807, 2.05) is 6.92 Å². The van der Waals surface area contributed by atoms with Gasteiger partial charge >= 0.3 is 6.18 Å². The molecule has 0 heterocycles. The second-order valence-corrected chi connectivity index (χ2v) is 5.22. The molecule has 0 spiro atoms. The van der Waals surface area contributed by atoms with E-state index in [-0.39, 0.29) is 5.75 Å². The van der Waals surface area contributed by atoms with E-state index in [9.17, 15) is 13.2 Å². The molecule has 0 saturated heterocycles. The van der Waals surface area contributed by atoms with Gasteiger partial charge in [0.05, 0.1) is 12.2 Å². The summed E-state index contributed by atoms with van der Waals surface area (Å²) in [6.07, 6.45) is -1.11. The van der Waals surface area contributed by atoms with Gasteiger partial charge in [0.1, 0.15) is 5.75 Å². The molecule has 0 aliphatic heterocycles. The zero-order valence-electron chi connectivity index (χ0n) is 11.6. The zero-order chi connectivity index (χ0) is 14.6. The van der Waals surface area contributed by atoms with Crippen LogP contribution in [0.15, 0.2) is 18.2 Å². The van der Waals surface area contributed by atoms with Crippen LogP contribution in [0.25, 0.3) is 0 Å². The Balaban J connectivity index is 2.11. The van der Waals surface area contributed by atoms with E-state index < -0.39 is 11.7 Å². The van der Waals surface area contributed by atoms with Crippen molar-refractivity contribution >= 4 is 0 Å². The van der Waals surface area contributed by atoms with Crippen LogP contribution in [-0.4, -0.2) is 13.2 Å². The molecule has 2 rings (SSSR count). The van der Waals surface area contributed by atoms with Gasteiger partial charge in [0.15, 0.2) is 0 Å². The topological polar surface area (TPSA) is 21.3 Å². The van der Waals surface area contributed by atoms with E-state index in [1.54, 1.807) is 6.07 Å². The summed E-state index contributed by atoms with van der Waals surface area (Å²) in [6, 6.07) is 4.31. The average Bonchev–Trinajstić information content (AvgIpc) is 2.34. The first-order valence-corrected chi connectivity index (χ1v) is 7.04. The predicted octanol–water partition coefficient (Wildman–Crippen LogP) is 3.99. The van der Waals surface area contributed by atoms with Gasteiger partial charge in [-0.05, 0) is 43.0 Å². The summed E-state index contributed by atoms with van der Waals surface area (Å²) >= 11 is 0. The van der Waals surface area contributed by atoms with Crippen molar-refractivity contribution < 1.29 is 17.9 Å². The molecule has 1 fully saturated rings. The maximum atomic E-state index is 13.1. The first kappa shape index (κ1) is 15.2. The Morgan fingerprint density at radius 2 is 2.05 bits per heavy atom. The number of nitrogens with one attached hydrogen (secondary N) is 1. The molecule has 1 aliphatic carbocycles. The SMILES string of the molecule is CCNCc1ccc(OCC2CCC2)c(C(F)(F)F)c1. The summed E-state index contributed by atoms with van der Waals surface area (Å²) in [5, 5.41) is 3.02. The quantitative estimate of drug-likeness (QED) is 0.854. The number of rotatable bonds is 6. The van der Waals surface area contributed by atoms with Crippen molar-refractivity contribution in [1.82, 2.24) is 5.32 Å². The Labute approximate surface area is 117 Å². The van der Waals surface area contributed by atoms with Crippen molar-refractivity contribution in [3.8, 4) is 5.75 Å². The van der Waals surface area contributed by atoms with Crippen LogP contribution >= 0.6 is 0 Å². The van der Waals surface area contributed by atoms with E-state index in [0.717, 1.165) is 25.8 Å². The van der Waals surface area contributed by atoms with E-state index in [2.05, 4.69) is 5.32 Å². The Morgan fingerprint density at radius 3 is 2.60 bits per heavy atom. The van der Waals surface area contributed by atoms with Crippen LogP contribution in [0.1, 0.15) is 37.3 Å². The summed E-state index contributed by atoms with van der Waals surface area (Å²) in [6.45, 7) is 3.46. The van der Waals surface area contributed by atoms with Crippen molar-refractivity contribution in [2.24, 2.45) is 5.92 Å². The maximum Gasteiger partial charge on any atom is 0.419 e. The number of halogens is 3. The highest BCUT2D eigenvalue weighted by Gasteiger charge is 2.35. The van der Waals surface area contributed by atoms with Crippen LogP contribution in [0, 0.1) is 5.92 Å². The summed E-state index contributed by atoms with van der Waals surface area (Å²) < 4.78 is 44.6. The molecule has 1 aliphatic rings. The monoisotopic (exact) mass is 287 g/mol. The van der Waals surface area contributed by atoms with Crippen molar-refractivity contribution in [2.45, 2.75) is 38.9 Å². The lowest BCUT2D eigenvalue weighted by atomic mass is 9.86. The van der Waals surface area contributed by atoms with Crippen molar-refractivity contribution in [3.63, 3.8) is 0 Å². The maximum absolute atomic E-state index is 13.1. The van der Waals surface area contributed by atoms with Gasteiger partial charge in [0.2, 0.25) is 0 Å². The lowest BCUT2D eigenvalue weighted by Crippen LogP contribution is -2.21. The minimum absolute atomic E-state index is 0.0513. The standard InChI is InChI=1S/C15H20F3NO/c1-2-19-9-12-6-7-14(13(8-12)15(16,17)18)20-10-11-4-3-5-11/h6-8,11,19H,2-5,9-10H2,1H3. The Kier molecular flexibility index (Phi) is 4.91. The smallest absolute Gasteiger partial charge is 0.419 e. The molecule has 112 valence electrons. The van der Waals surface area contributed by atoms with Gasteiger partial charge in [-0.1, -0.05) is 19.4 Å². The fraction of sp³-hybridized carbons (Fsp3) is 0.600. The highest BCUT2D eigenvalue weighted by atomic mass is 19.4. The molecule has 0 unspecified atom stereocenters. The number of hydrogen-bond acceptors (Lipinski definition) is 2. The van der Waals surface area contributed by atoms with Crippen LogP contribution in [0.2, 0.25) is 0 Å². The normalized spacial score (nSPS) is 16.0. The lowest BCUT2D eigenvalue weighted by Gasteiger charge is -2.26. The second kappa shape index (κ2) is 6.48. The zero-order valence-corrected chi connectivity index (χ0v) is 11.6. The lowest BCUT2D eigenvalue weighted by molar-refractivity contribution is -0.139. The average molecular weight is 287 g/mol. The molecule has 1 N–H and O–H groups in total. The molecule has 5 heteroatoms. The van der Waals surface area contributed by atoms with Crippen molar-refractivity contribution in [3.05, 3.63) is 29.3 Å². The first-order valence-electron chi connectivity index (χ1n) is 7.04. The van der Waals surface area contributed by atoms with Gasteiger partial charge < -0.3 is 10.1 Å².